The van der Waals surface area contributed by atoms with Gasteiger partial charge in [-0.3, -0.25) is 0 Å². The maximum Gasteiger partial charge on any atom is 0.317 e. The van der Waals surface area contributed by atoms with Crippen molar-refractivity contribution in [1.82, 2.24) is 10.2 Å². The molecule has 0 aliphatic carbocycles. The molecule has 1 rings (SSSR count). The van der Waals surface area contributed by atoms with Crippen LogP contribution in [0.1, 0.15) is 38.7 Å². The summed E-state index contributed by atoms with van der Waals surface area (Å²) in [4.78, 5) is 13.7. The second kappa shape index (κ2) is 8.46. The molecule has 0 aliphatic heterocycles. The van der Waals surface area contributed by atoms with Crippen LogP contribution in [-0.2, 0) is 6.42 Å². The standard InChI is InChI=1S/C16H26N2O2/c1-4-5-6-11-17-16(20)18(3)13(2)12-14-7-9-15(19)10-8-14/h7-10,13,19H,4-6,11-12H2,1-3H3,(H,17,20)/t13-/m0/s1. The number of likely N-dealkylation sites (N-methyl/N-ethyl adjacent to an activating group) is 1. The van der Waals surface area contributed by atoms with Gasteiger partial charge in [0, 0.05) is 19.6 Å². The van der Waals surface area contributed by atoms with Crippen molar-refractivity contribution in [3.8, 4) is 5.75 Å². The van der Waals surface area contributed by atoms with E-state index in [9.17, 15) is 9.90 Å². The Morgan fingerprint density at radius 2 is 1.95 bits per heavy atom. The Balaban J connectivity index is 2.39. The minimum atomic E-state index is -0.0209. The first kappa shape index (κ1) is 16.3. The van der Waals surface area contributed by atoms with Crippen LogP contribution < -0.4 is 5.32 Å². The Labute approximate surface area is 121 Å². The van der Waals surface area contributed by atoms with Crippen LogP contribution in [0.3, 0.4) is 0 Å². The van der Waals surface area contributed by atoms with E-state index < -0.39 is 0 Å². The first-order valence-electron chi connectivity index (χ1n) is 7.33. The van der Waals surface area contributed by atoms with Gasteiger partial charge < -0.3 is 15.3 Å². The highest BCUT2D eigenvalue weighted by Crippen LogP contribution is 2.13. The molecule has 4 heteroatoms. The topological polar surface area (TPSA) is 52.6 Å². The number of phenolic OH excluding ortho intramolecular Hbond substituents is 1. The van der Waals surface area contributed by atoms with Gasteiger partial charge in [-0.15, -0.1) is 0 Å². The number of carbonyl (C=O) groups is 1. The summed E-state index contributed by atoms with van der Waals surface area (Å²) in [6.07, 6.45) is 4.11. The molecule has 0 heterocycles. The predicted octanol–water partition coefficient (Wildman–Crippen LogP) is 3.15. The Hall–Kier alpha value is -1.71. The van der Waals surface area contributed by atoms with Gasteiger partial charge in [0.1, 0.15) is 5.75 Å². The Morgan fingerprint density at radius 1 is 1.30 bits per heavy atom. The fraction of sp³-hybridized carbons (Fsp3) is 0.562. The van der Waals surface area contributed by atoms with Crippen LogP contribution in [0.15, 0.2) is 24.3 Å². The van der Waals surface area contributed by atoms with Crippen LogP contribution in [0.25, 0.3) is 0 Å². The fourth-order valence-corrected chi connectivity index (χ4v) is 2.01. The van der Waals surface area contributed by atoms with E-state index >= 15 is 0 Å². The first-order chi connectivity index (χ1) is 9.54. The second-order valence-electron chi connectivity index (χ2n) is 5.27. The molecule has 0 aliphatic rings. The summed E-state index contributed by atoms with van der Waals surface area (Å²) >= 11 is 0. The molecular formula is C16H26N2O2. The molecule has 1 aromatic rings. The molecule has 112 valence electrons. The molecule has 0 aromatic heterocycles. The van der Waals surface area contributed by atoms with Gasteiger partial charge in [-0.1, -0.05) is 31.9 Å². The molecule has 2 amide bonds. The molecule has 1 atom stereocenters. The zero-order valence-corrected chi connectivity index (χ0v) is 12.7. The largest absolute Gasteiger partial charge is 0.508 e. The summed E-state index contributed by atoms with van der Waals surface area (Å²) in [6, 6.07) is 7.22. The highest BCUT2D eigenvalue weighted by atomic mass is 16.3. The lowest BCUT2D eigenvalue weighted by atomic mass is 10.1. The monoisotopic (exact) mass is 278 g/mol. The van der Waals surface area contributed by atoms with Crippen molar-refractivity contribution in [2.75, 3.05) is 13.6 Å². The molecular weight excluding hydrogens is 252 g/mol. The highest BCUT2D eigenvalue weighted by molar-refractivity contribution is 5.74. The van der Waals surface area contributed by atoms with E-state index in [0.29, 0.717) is 0 Å². The average molecular weight is 278 g/mol. The number of unbranched alkanes of at least 4 members (excludes halogenated alkanes) is 2. The van der Waals surface area contributed by atoms with Crippen LogP contribution >= 0.6 is 0 Å². The number of nitrogens with zero attached hydrogens (tertiary/aromatic N) is 1. The maximum atomic E-state index is 12.0. The summed E-state index contributed by atoms with van der Waals surface area (Å²) in [6.45, 7) is 4.91. The third-order valence-corrected chi connectivity index (χ3v) is 3.51. The van der Waals surface area contributed by atoms with Crippen LogP contribution in [-0.4, -0.2) is 35.7 Å². The summed E-state index contributed by atoms with van der Waals surface area (Å²) in [5.74, 6) is 0.267. The van der Waals surface area contributed by atoms with Crippen molar-refractivity contribution in [3.05, 3.63) is 29.8 Å². The average Bonchev–Trinajstić information content (AvgIpc) is 2.45. The first-order valence-corrected chi connectivity index (χ1v) is 7.33. The quantitative estimate of drug-likeness (QED) is 0.753. The summed E-state index contributed by atoms with van der Waals surface area (Å²) in [5.41, 5.74) is 1.11. The number of phenols is 1. The third kappa shape index (κ3) is 5.51. The molecule has 4 nitrogen and oxygen atoms in total. The lowest BCUT2D eigenvalue weighted by molar-refractivity contribution is 0.193. The number of urea groups is 1. The number of benzene rings is 1. The van der Waals surface area contributed by atoms with E-state index in [-0.39, 0.29) is 17.8 Å². The molecule has 0 radical (unpaired) electrons. The summed E-state index contributed by atoms with van der Waals surface area (Å²) in [5, 5.41) is 12.2. The molecule has 20 heavy (non-hydrogen) atoms. The Morgan fingerprint density at radius 3 is 2.55 bits per heavy atom. The molecule has 0 unspecified atom stereocenters. The van der Waals surface area contributed by atoms with Gasteiger partial charge >= 0.3 is 6.03 Å². The molecule has 0 saturated carbocycles. The van der Waals surface area contributed by atoms with Gasteiger partial charge in [0.25, 0.3) is 0 Å². The zero-order chi connectivity index (χ0) is 15.0. The number of rotatable bonds is 7. The van der Waals surface area contributed by atoms with Crippen LogP contribution in [0.4, 0.5) is 4.79 Å². The molecule has 0 fully saturated rings. The van der Waals surface area contributed by atoms with Crippen molar-refractivity contribution >= 4 is 6.03 Å². The predicted molar refractivity (Wildman–Crippen MR) is 82.0 cm³/mol. The van der Waals surface area contributed by atoms with Crippen molar-refractivity contribution in [2.24, 2.45) is 0 Å². The summed E-state index contributed by atoms with van der Waals surface area (Å²) in [7, 11) is 1.82. The van der Waals surface area contributed by atoms with E-state index in [1.807, 2.05) is 26.1 Å². The lowest BCUT2D eigenvalue weighted by Gasteiger charge is -2.25. The Bertz CT molecular complexity index is 403. The van der Waals surface area contributed by atoms with Gasteiger partial charge in [-0.25, -0.2) is 4.79 Å². The fourth-order valence-electron chi connectivity index (χ4n) is 2.01. The van der Waals surface area contributed by atoms with Gasteiger partial charge in [0.2, 0.25) is 0 Å². The number of amides is 2. The molecule has 2 N–H and O–H groups in total. The zero-order valence-electron chi connectivity index (χ0n) is 12.7. The Kier molecular flexibility index (Phi) is 6.91. The SMILES string of the molecule is CCCCCNC(=O)N(C)[C@@H](C)Cc1ccc(O)cc1. The van der Waals surface area contributed by atoms with Crippen molar-refractivity contribution in [1.29, 1.82) is 0 Å². The summed E-state index contributed by atoms with van der Waals surface area (Å²) < 4.78 is 0. The number of carbonyl (C=O) groups excluding carboxylic acids is 1. The second-order valence-corrected chi connectivity index (χ2v) is 5.27. The normalized spacial score (nSPS) is 11.9. The van der Waals surface area contributed by atoms with Crippen molar-refractivity contribution in [3.63, 3.8) is 0 Å². The van der Waals surface area contributed by atoms with E-state index in [1.165, 1.54) is 0 Å². The van der Waals surface area contributed by atoms with Gasteiger partial charge in [0.15, 0.2) is 0 Å². The van der Waals surface area contributed by atoms with Crippen molar-refractivity contribution < 1.29 is 9.90 Å². The van der Waals surface area contributed by atoms with Gasteiger partial charge in [-0.05, 0) is 37.5 Å². The lowest BCUT2D eigenvalue weighted by Crippen LogP contribution is -2.43. The third-order valence-electron chi connectivity index (χ3n) is 3.51. The van der Waals surface area contributed by atoms with E-state index in [1.54, 1.807) is 17.0 Å². The van der Waals surface area contributed by atoms with Gasteiger partial charge in [0.05, 0.1) is 0 Å². The van der Waals surface area contributed by atoms with E-state index in [0.717, 1.165) is 37.8 Å². The molecule has 0 spiro atoms. The number of hydrogen-bond donors (Lipinski definition) is 2. The molecule has 0 saturated heterocycles. The number of aromatic hydroxyl groups is 1. The minimum absolute atomic E-state index is 0.0209. The molecule has 0 bridgehead atoms. The highest BCUT2D eigenvalue weighted by Gasteiger charge is 2.15. The van der Waals surface area contributed by atoms with E-state index in [4.69, 9.17) is 0 Å². The van der Waals surface area contributed by atoms with Gasteiger partial charge in [-0.2, -0.15) is 0 Å². The van der Waals surface area contributed by atoms with Crippen LogP contribution in [0, 0.1) is 0 Å². The molecule has 1 aromatic carbocycles. The minimum Gasteiger partial charge on any atom is -0.508 e. The number of nitrogens with one attached hydrogen (secondary N) is 1. The maximum absolute atomic E-state index is 12.0. The van der Waals surface area contributed by atoms with Crippen LogP contribution in [0.2, 0.25) is 0 Å². The smallest absolute Gasteiger partial charge is 0.317 e. The van der Waals surface area contributed by atoms with E-state index in [2.05, 4.69) is 12.2 Å². The van der Waals surface area contributed by atoms with Crippen LogP contribution in [0.5, 0.6) is 5.75 Å². The van der Waals surface area contributed by atoms with Crippen molar-refractivity contribution in [2.45, 2.75) is 45.6 Å². The number of hydrogen-bond acceptors (Lipinski definition) is 2.